The Morgan fingerprint density at radius 1 is 1.39 bits per heavy atom. The van der Waals surface area contributed by atoms with E-state index in [4.69, 9.17) is 5.11 Å². The molecule has 1 saturated heterocycles. The average Bonchev–Trinajstić information content (AvgIpc) is 2.58. The number of hydrogen-bond donors (Lipinski definition) is 2. The molecule has 0 bridgehead atoms. The highest BCUT2D eigenvalue weighted by molar-refractivity contribution is 5.55. The van der Waals surface area contributed by atoms with Gasteiger partial charge in [0.1, 0.15) is 0 Å². The van der Waals surface area contributed by atoms with Crippen molar-refractivity contribution in [2.24, 2.45) is 0 Å². The Labute approximate surface area is 110 Å². The number of nitrogens with zero attached hydrogens (tertiary/aromatic N) is 1. The Kier molecular flexibility index (Phi) is 4.61. The van der Waals surface area contributed by atoms with Crippen LogP contribution in [0.25, 0.3) is 0 Å². The van der Waals surface area contributed by atoms with Crippen molar-refractivity contribution in [3.63, 3.8) is 0 Å². The van der Waals surface area contributed by atoms with Gasteiger partial charge < -0.3 is 15.3 Å². The number of rotatable bonds is 3. The summed E-state index contributed by atoms with van der Waals surface area (Å²) in [5, 5.41) is 12.6. The lowest BCUT2D eigenvalue weighted by Gasteiger charge is -2.28. The predicted octanol–water partition coefficient (Wildman–Crippen LogP) is 1.85. The highest BCUT2D eigenvalue weighted by atomic mass is 16.3. The molecule has 0 spiro atoms. The van der Waals surface area contributed by atoms with Gasteiger partial charge in [0.15, 0.2) is 0 Å². The van der Waals surface area contributed by atoms with E-state index < -0.39 is 0 Å². The maximum absolute atomic E-state index is 9.11. The molecular weight excluding hydrogens is 224 g/mol. The maximum Gasteiger partial charge on any atom is 0.0446 e. The fourth-order valence-corrected chi connectivity index (χ4v) is 2.63. The van der Waals surface area contributed by atoms with E-state index in [0.29, 0.717) is 6.04 Å². The lowest BCUT2D eigenvalue weighted by Crippen LogP contribution is -2.38. The van der Waals surface area contributed by atoms with Gasteiger partial charge in [0.25, 0.3) is 0 Å². The van der Waals surface area contributed by atoms with Crippen LogP contribution in [0, 0.1) is 13.8 Å². The van der Waals surface area contributed by atoms with Crippen LogP contribution in [0.15, 0.2) is 18.2 Å². The van der Waals surface area contributed by atoms with E-state index in [1.807, 2.05) is 0 Å². The summed E-state index contributed by atoms with van der Waals surface area (Å²) in [5.41, 5.74) is 4.00. The van der Waals surface area contributed by atoms with Gasteiger partial charge in [-0.05, 0) is 50.4 Å². The Balaban J connectivity index is 2.16. The summed E-state index contributed by atoms with van der Waals surface area (Å²) >= 11 is 0. The van der Waals surface area contributed by atoms with Crippen molar-refractivity contribution in [3.05, 3.63) is 29.3 Å². The quantitative estimate of drug-likeness (QED) is 0.857. The van der Waals surface area contributed by atoms with Gasteiger partial charge in [0.05, 0.1) is 0 Å². The zero-order valence-electron chi connectivity index (χ0n) is 11.4. The molecule has 100 valence electrons. The van der Waals surface area contributed by atoms with E-state index in [1.54, 1.807) is 0 Å². The van der Waals surface area contributed by atoms with Crippen molar-refractivity contribution in [1.82, 2.24) is 5.32 Å². The molecule has 1 unspecified atom stereocenters. The molecule has 18 heavy (non-hydrogen) atoms. The van der Waals surface area contributed by atoms with Crippen molar-refractivity contribution in [2.75, 3.05) is 31.1 Å². The SMILES string of the molecule is Cc1ccc(C)c(N2CCCNC(CCO)C2)c1. The number of aliphatic hydroxyl groups excluding tert-OH is 1. The Bertz CT molecular complexity index is 392. The van der Waals surface area contributed by atoms with E-state index in [9.17, 15) is 0 Å². The van der Waals surface area contributed by atoms with E-state index in [2.05, 4.69) is 42.3 Å². The van der Waals surface area contributed by atoms with Crippen LogP contribution in [0.3, 0.4) is 0 Å². The third kappa shape index (κ3) is 3.24. The molecule has 1 aliphatic rings. The minimum absolute atomic E-state index is 0.262. The van der Waals surface area contributed by atoms with Crippen LogP contribution in [0.2, 0.25) is 0 Å². The van der Waals surface area contributed by atoms with Crippen molar-refractivity contribution < 1.29 is 5.11 Å². The largest absolute Gasteiger partial charge is 0.396 e. The van der Waals surface area contributed by atoms with Crippen LogP contribution in [0.4, 0.5) is 5.69 Å². The summed E-state index contributed by atoms with van der Waals surface area (Å²) in [6, 6.07) is 7.04. The smallest absolute Gasteiger partial charge is 0.0446 e. The van der Waals surface area contributed by atoms with Gasteiger partial charge in [-0.3, -0.25) is 0 Å². The molecule has 0 aliphatic carbocycles. The monoisotopic (exact) mass is 248 g/mol. The summed E-state index contributed by atoms with van der Waals surface area (Å²) in [6.45, 7) is 7.72. The summed E-state index contributed by atoms with van der Waals surface area (Å²) in [7, 11) is 0. The Hall–Kier alpha value is -1.06. The van der Waals surface area contributed by atoms with Gasteiger partial charge in [0, 0.05) is 31.4 Å². The molecule has 2 N–H and O–H groups in total. The molecule has 3 nitrogen and oxygen atoms in total. The van der Waals surface area contributed by atoms with Crippen LogP contribution in [-0.2, 0) is 0 Å². The van der Waals surface area contributed by atoms with Crippen LogP contribution in [0.1, 0.15) is 24.0 Å². The van der Waals surface area contributed by atoms with E-state index in [-0.39, 0.29) is 6.61 Å². The second-order valence-electron chi connectivity index (χ2n) is 5.25. The lowest BCUT2D eigenvalue weighted by molar-refractivity contribution is 0.267. The third-order valence-electron chi connectivity index (χ3n) is 3.66. The highest BCUT2D eigenvalue weighted by Crippen LogP contribution is 2.23. The fourth-order valence-electron chi connectivity index (χ4n) is 2.63. The maximum atomic E-state index is 9.11. The second-order valence-corrected chi connectivity index (χ2v) is 5.25. The molecule has 3 heteroatoms. The molecule has 1 aromatic carbocycles. The molecule has 0 saturated carbocycles. The predicted molar refractivity (Wildman–Crippen MR) is 76.2 cm³/mol. The minimum atomic E-state index is 0.262. The van der Waals surface area contributed by atoms with Gasteiger partial charge >= 0.3 is 0 Å². The second kappa shape index (κ2) is 6.21. The van der Waals surface area contributed by atoms with E-state index >= 15 is 0 Å². The molecule has 1 fully saturated rings. The zero-order valence-corrected chi connectivity index (χ0v) is 11.4. The fraction of sp³-hybridized carbons (Fsp3) is 0.600. The van der Waals surface area contributed by atoms with Gasteiger partial charge in [-0.1, -0.05) is 12.1 Å². The Morgan fingerprint density at radius 3 is 3.00 bits per heavy atom. The van der Waals surface area contributed by atoms with Crippen LogP contribution in [-0.4, -0.2) is 37.4 Å². The minimum Gasteiger partial charge on any atom is -0.396 e. The average molecular weight is 248 g/mol. The third-order valence-corrected chi connectivity index (χ3v) is 3.66. The first-order valence-electron chi connectivity index (χ1n) is 6.87. The van der Waals surface area contributed by atoms with Crippen molar-refractivity contribution >= 4 is 5.69 Å². The number of aryl methyl sites for hydroxylation is 2. The normalized spacial score (nSPS) is 20.8. The standard InChI is InChI=1S/C15H24N2O/c1-12-4-5-13(2)15(10-12)17-8-3-7-16-14(11-17)6-9-18/h4-5,10,14,16,18H,3,6-9,11H2,1-2H3. The molecule has 1 heterocycles. The summed E-state index contributed by atoms with van der Waals surface area (Å²) in [6.07, 6.45) is 2.00. The number of aliphatic hydroxyl groups is 1. The van der Waals surface area contributed by atoms with Crippen molar-refractivity contribution in [2.45, 2.75) is 32.7 Å². The molecule has 0 radical (unpaired) electrons. The van der Waals surface area contributed by atoms with Crippen molar-refractivity contribution in [3.8, 4) is 0 Å². The van der Waals surface area contributed by atoms with E-state index in [0.717, 1.165) is 32.5 Å². The van der Waals surface area contributed by atoms with Gasteiger partial charge in [-0.2, -0.15) is 0 Å². The molecule has 1 atom stereocenters. The van der Waals surface area contributed by atoms with Gasteiger partial charge in [-0.15, -0.1) is 0 Å². The van der Waals surface area contributed by atoms with Crippen LogP contribution < -0.4 is 10.2 Å². The molecule has 2 rings (SSSR count). The number of nitrogens with one attached hydrogen (secondary N) is 1. The number of benzene rings is 1. The summed E-state index contributed by atoms with van der Waals surface area (Å²) in [5.74, 6) is 0. The molecule has 1 aromatic rings. The van der Waals surface area contributed by atoms with Crippen LogP contribution in [0.5, 0.6) is 0 Å². The molecular formula is C15H24N2O. The zero-order chi connectivity index (χ0) is 13.0. The number of hydrogen-bond acceptors (Lipinski definition) is 3. The first kappa shape index (κ1) is 13.4. The summed E-state index contributed by atoms with van der Waals surface area (Å²) in [4.78, 5) is 2.46. The molecule has 1 aliphatic heterocycles. The molecule has 0 aromatic heterocycles. The highest BCUT2D eigenvalue weighted by Gasteiger charge is 2.18. The first-order chi connectivity index (χ1) is 8.70. The molecule has 0 amide bonds. The van der Waals surface area contributed by atoms with Crippen molar-refractivity contribution in [1.29, 1.82) is 0 Å². The van der Waals surface area contributed by atoms with E-state index in [1.165, 1.54) is 16.8 Å². The lowest BCUT2D eigenvalue weighted by atomic mass is 10.1. The topological polar surface area (TPSA) is 35.5 Å². The Morgan fingerprint density at radius 2 is 2.22 bits per heavy atom. The van der Waals surface area contributed by atoms with Gasteiger partial charge in [0.2, 0.25) is 0 Å². The number of anilines is 1. The first-order valence-corrected chi connectivity index (χ1v) is 6.87. The van der Waals surface area contributed by atoms with Crippen LogP contribution >= 0.6 is 0 Å². The van der Waals surface area contributed by atoms with Gasteiger partial charge in [-0.25, -0.2) is 0 Å². The summed E-state index contributed by atoms with van der Waals surface area (Å²) < 4.78 is 0.